The van der Waals surface area contributed by atoms with Crippen molar-refractivity contribution in [2.75, 3.05) is 37.6 Å². The number of piperazine rings is 1. The molecule has 1 N–H and O–H groups in total. The molecule has 0 atom stereocenters. The number of H-pyrrole nitrogens is 1. The minimum absolute atomic E-state index is 0.0326. The molecular formula is C21H26ClFN6O2. The Bertz CT molecular complexity index is 1200. The molecule has 10 heteroatoms. The first-order chi connectivity index (χ1) is 14.8. The number of hydrogen-bond donors (Lipinski definition) is 1. The van der Waals surface area contributed by atoms with Crippen LogP contribution in [-0.4, -0.2) is 56.7 Å². The van der Waals surface area contributed by atoms with Gasteiger partial charge >= 0.3 is 5.69 Å². The molecule has 1 saturated heterocycles. The van der Waals surface area contributed by atoms with Gasteiger partial charge in [0.1, 0.15) is 5.82 Å². The molecule has 31 heavy (non-hydrogen) atoms. The molecule has 3 heterocycles. The first kappa shape index (κ1) is 21.6. The van der Waals surface area contributed by atoms with E-state index in [9.17, 15) is 14.0 Å². The molecule has 0 bridgehead atoms. The van der Waals surface area contributed by atoms with Gasteiger partial charge in [0.25, 0.3) is 5.56 Å². The second-order valence-corrected chi connectivity index (χ2v) is 8.78. The Morgan fingerprint density at radius 2 is 1.90 bits per heavy atom. The Balaban J connectivity index is 1.81. The van der Waals surface area contributed by atoms with E-state index in [1.165, 1.54) is 10.6 Å². The lowest BCUT2D eigenvalue weighted by atomic mass is 10.2. The summed E-state index contributed by atoms with van der Waals surface area (Å²) in [6, 6.07) is 4.49. The zero-order chi connectivity index (χ0) is 22.3. The molecule has 1 aromatic carbocycles. The summed E-state index contributed by atoms with van der Waals surface area (Å²) in [5, 5.41) is 0.274. The number of aryl methyl sites for hydroxylation is 1. The summed E-state index contributed by atoms with van der Waals surface area (Å²) in [5.74, 6) is 0.654. The van der Waals surface area contributed by atoms with Crippen LogP contribution in [0.4, 0.5) is 10.3 Å². The number of aromatic nitrogens is 4. The fraction of sp³-hybridized carbons (Fsp3) is 0.476. The third-order valence-corrected chi connectivity index (χ3v) is 6.00. The Hall–Kier alpha value is -2.65. The molecule has 0 radical (unpaired) electrons. The van der Waals surface area contributed by atoms with Gasteiger partial charge in [-0.2, -0.15) is 4.98 Å². The predicted octanol–water partition coefficient (Wildman–Crippen LogP) is 2.04. The number of benzene rings is 1. The van der Waals surface area contributed by atoms with Gasteiger partial charge in [-0.05, 0) is 18.1 Å². The average Bonchev–Trinajstić information content (AvgIpc) is 3.09. The highest BCUT2D eigenvalue weighted by molar-refractivity contribution is 6.31. The highest BCUT2D eigenvalue weighted by Gasteiger charge is 2.26. The van der Waals surface area contributed by atoms with Gasteiger partial charge in [0.15, 0.2) is 11.2 Å². The van der Waals surface area contributed by atoms with Gasteiger partial charge < -0.3 is 4.90 Å². The minimum atomic E-state index is -0.553. The van der Waals surface area contributed by atoms with Crippen LogP contribution in [0.1, 0.15) is 19.4 Å². The van der Waals surface area contributed by atoms with Crippen LogP contribution in [0, 0.1) is 11.7 Å². The van der Waals surface area contributed by atoms with Crippen molar-refractivity contribution < 1.29 is 4.39 Å². The Morgan fingerprint density at radius 1 is 1.19 bits per heavy atom. The number of aromatic amines is 1. The molecule has 0 aliphatic carbocycles. The van der Waals surface area contributed by atoms with E-state index < -0.39 is 17.1 Å². The largest absolute Gasteiger partial charge is 0.340 e. The van der Waals surface area contributed by atoms with Gasteiger partial charge in [0.2, 0.25) is 5.95 Å². The lowest BCUT2D eigenvalue weighted by Crippen LogP contribution is -2.48. The maximum absolute atomic E-state index is 14.6. The second-order valence-electron chi connectivity index (χ2n) is 8.37. The van der Waals surface area contributed by atoms with Crippen molar-refractivity contribution in [3.05, 3.63) is 55.4 Å². The van der Waals surface area contributed by atoms with E-state index in [1.807, 2.05) is 0 Å². The Morgan fingerprint density at radius 3 is 2.55 bits per heavy atom. The van der Waals surface area contributed by atoms with Gasteiger partial charge in [-0.15, -0.1) is 0 Å². The Kier molecular flexibility index (Phi) is 5.90. The van der Waals surface area contributed by atoms with Gasteiger partial charge in [-0.3, -0.25) is 23.8 Å². The third kappa shape index (κ3) is 4.12. The van der Waals surface area contributed by atoms with Gasteiger partial charge in [0, 0.05) is 50.4 Å². The fourth-order valence-electron chi connectivity index (χ4n) is 4.10. The second kappa shape index (κ2) is 8.47. The van der Waals surface area contributed by atoms with Gasteiger partial charge in [-0.25, -0.2) is 9.18 Å². The molecule has 2 aromatic heterocycles. The smallest absolute Gasteiger partial charge is 0.329 e. The number of fused-ring (bicyclic) bond motifs is 1. The van der Waals surface area contributed by atoms with Crippen LogP contribution in [0.2, 0.25) is 5.02 Å². The summed E-state index contributed by atoms with van der Waals surface area (Å²) >= 11 is 6.26. The number of nitrogens with zero attached hydrogens (tertiary/aromatic N) is 5. The van der Waals surface area contributed by atoms with E-state index in [0.29, 0.717) is 25.0 Å². The molecule has 4 rings (SSSR count). The molecule has 0 spiro atoms. The van der Waals surface area contributed by atoms with Crippen molar-refractivity contribution in [2.45, 2.75) is 20.4 Å². The summed E-state index contributed by atoms with van der Waals surface area (Å²) in [4.78, 5) is 36.3. The number of rotatable bonds is 5. The molecule has 0 unspecified atom stereocenters. The topological polar surface area (TPSA) is 79.2 Å². The maximum Gasteiger partial charge on any atom is 0.329 e. The summed E-state index contributed by atoms with van der Waals surface area (Å²) in [6.07, 6.45) is 0. The van der Waals surface area contributed by atoms with Gasteiger partial charge in [0.05, 0.1) is 6.54 Å². The monoisotopic (exact) mass is 448 g/mol. The molecule has 0 saturated carbocycles. The molecule has 8 nitrogen and oxygen atoms in total. The summed E-state index contributed by atoms with van der Waals surface area (Å²) in [6.45, 7) is 8.58. The van der Waals surface area contributed by atoms with Crippen molar-refractivity contribution in [3.8, 4) is 0 Å². The van der Waals surface area contributed by atoms with Crippen LogP contribution in [0.25, 0.3) is 11.2 Å². The third-order valence-electron chi connectivity index (χ3n) is 5.64. The van der Waals surface area contributed by atoms with Crippen molar-refractivity contribution in [2.24, 2.45) is 13.0 Å². The number of anilines is 1. The Labute approximate surface area is 183 Å². The van der Waals surface area contributed by atoms with E-state index in [-0.39, 0.29) is 28.3 Å². The predicted molar refractivity (Wildman–Crippen MR) is 120 cm³/mol. The molecule has 1 aliphatic heterocycles. The maximum atomic E-state index is 14.6. The lowest BCUT2D eigenvalue weighted by molar-refractivity contribution is 0.230. The quantitative estimate of drug-likeness (QED) is 0.646. The summed E-state index contributed by atoms with van der Waals surface area (Å²) < 4.78 is 17.5. The molecular weight excluding hydrogens is 423 g/mol. The minimum Gasteiger partial charge on any atom is -0.340 e. The number of halogens is 2. The average molecular weight is 449 g/mol. The van der Waals surface area contributed by atoms with Crippen molar-refractivity contribution >= 4 is 28.7 Å². The SMILES string of the molecule is CC(C)CN1CCN(c2nc3c(c(=O)[nH]c(=O)n3C)n2Cc2c(F)cccc2Cl)CC1. The van der Waals surface area contributed by atoms with Crippen molar-refractivity contribution in [3.63, 3.8) is 0 Å². The molecule has 166 valence electrons. The number of imidazole rings is 1. The summed E-state index contributed by atoms with van der Waals surface area (Å²) in [7, 11) is 1.55. The van der Waals surface area contributed by atoms with E-state index >= 15 is 0 Å². The van der Waals surface area contributed by atoms with E-state index in [1.54, 1.807) is 23.7 Å². The molecule has 3 aromatic rings. The highest BCUT2D eigenvalue weighted by Crippen LogP contribution is 2.26. The molecule has 1 aliphatic rings. The molecule has 1 fully saturated rings. The van der Waals surface area contributed by atoms with Crippen LogP contribution in [0.3, 0.4) is 0 Å². The fourth-order valence-corrected chi connectivity index (χ4v) is 4.33. The highest BCUT2D eigenvalue weighted by atomic mass is 35.5. The standard InChI is InChI=1S/C21H26ClFN6O2/c1-13(2)11-27-7-9-28(10-8-27)20-24-18-17(19(30)25-21(31)26(18)3)29(20)12-14-15(22)5-4-6-16(14)23/h4-6,13H,7-12H2,1-3H3,(H,25,30,31). The van der Waals surface area contributed by atoms with E-state index in [4.69, 9.17) is 11.6 Å². The van der Waals surface area contributed by atoms with Crippen LogP contribution < -0.4 is 16.1 Å². The lowest BCUT2D eigenvalue weighted by Gasteiger charge is -2.36. The van der Waals surface area contributed by atoms with E-state index in [0.717, 1.165) is 19.6 Å². The van der Waals surface area contributed by atoms with Crippen LogP contribution in [-0.2, 0) is 13.6 Å². The van der Waals surface area contributed by atoms with E-state index in [2.05, 4.69) is 33.6 Å². The van der Waals surface area contributed by atoms with Crippen LogP contribution in [0.5, 0.6) is 0 Å². The summed E-state index contributed by atoms with van der Waals surface area (Å²) in [5.41, 5.74) is -0.333. The first-order valence-electron chi connectivity index (χ1n) is 10.4. The number of nitrogens with one attached hydrogen (secondary N) is 1. The zero-order valence-corrected chi connectivity index (χ0v) is 18.6. The first-order valence-corrected chi connectivity index (χ1v) is 10.7. The van der Waals surface area contributed by atoms with Crippen molar-refractivity contribution in [1.82, 2.24) is 24.0 Å². The normalized spacial score (nSPS) is 15.4. The molecule has 0 amide bonds. The van der Waals surface area contributed by atoms with Crippen molar-refractivity contribution in [1.29, 1.82) is 0 Å². The van der Waals surface area contributed by atoms with Crippen LogP contribution >= 0.6 is 11.6 Å². The van der Waals surface area contributed by atoms with Gasteiger partial charge in [-0.1, -0.05) is 31.5 Å². The van der Waals surface area contributed by atoms with Crippen LogP contribution in [0.15, 0.2) is 27.8 Å². The zero-order valence-electron chi connectivity index (χ0n) is 17.9. The number of hydrogen-bond acceptors (Lipinski definition) is 5.